The van der Waals surface area contributed by atoms with E-state index in [0.717, 1.165) is 0 Å². The Kier molecular flexibility index (Phi) is 13.1. The van der Waals surface area contributed by atoms with Crippen LogP contribution in [0.25, 0.3) is 0 Å². The number of amides is 1. The second kappa shape index (κ2) is 11.2. The molecule has 1 amide bonds. The smallest absolute Gasteiger partial charge is 0.330 e. The maximum Gasteiger partial charge on any atom is 0.330 e. The predicted octanol–water partition coefficient (Wildman–Crippen LogP) is 1.23. The van der Waals surface area contributed by atoms with Crippen molar-refractivity contribution < 1.29 is 27.7 Å². The largest absolute Gasteiger partial charge is 0.478 e. The van der Waals surface area contributed by atoms with Crippen LogP contribution in [0.15, 0.2) is 24.3 Å². The summed E-state index contributed by atoms with van der Waals surface area (Å²) in [5.74, 6) is -1.51. The Hall–Kier alpha value is -1.67. The predicted molar refractivity (Wildman–Crippen MR) is 77.7 cm³/mol. The highest BCUT2D eigenvalue weighted by Gasteiger charge is 2.06. The molecule has 0 unspecified atom stereocenters. The standard InChI is InChI=1S/C4H7NO.C4H10O3S.C4H6O2/c1-3(2)4(5)6;1-4(2)3-8(5,6)7;1-3(2)4(5)6/h1H2,2H3,(H2,5,6);4H,3H2,1-2H3,(H,5,6,7);1H2,2H3,(H,5,6). The third kappa shape index (κ3) is 29.9. The van der Waals surface area contributed by atoms with Gasteiger partial charge >= 0.3 is 5.97 Å². The van der Waals surface area contributed by atoms with Gasteiger partial charge in [0.2, 0.25) is 5.91 Å². The lowest BCUT2D eigenvalue weighted by Crippen LogP contribution is -2.10. The number of hydrogen-bond donors (Lipinski definition) is 3. The SMILES string of the molecule is C=C(C)C(=O)O.C=C(C)C(N)=O.CC(C)CS(=O)(=O)O. The Morgan fingerprint density at radius 1 is 1.15 bits per heavy atom. The van der Waals surface area contributed by atoms with Crippen molar-refractivity contribution in [3.05, 3.63) is 24.3 Å². The molecule has 0 aromatic heterocycles. The van der Waals surface area contributed by atoms with Crippen LogP contribution in [0.4, 0.5) is 0 Å². The van der Waals surface area contributed by atoms with E-state index in [1.54, 1.807) is 20.8 Å². The van der Waals surface area contributed by atoms with Crippen LogP contribution in [0, 0.1) is 5.92 Å². The normalized spacial score (nSPS) is 9.50. The van der Waals surface area contributed by atoms with E-state index in [4.69, 9.17) is 15.4 Å². The number of aliphatic carboxylic acids is 1. The zero-order valence-electron chi connectivity index (χ0n) is 12.2. The first-order chi connectivity index (χ1) is 8.70. The average molecular weight is 309 g/mol. The number of carbonyl (C=O) groups excluding carboxylic acids is 1. The van der Waals surface area contributed by atoms with E-state index in [9.17, 15) is 18.0 Å². The van der Waals surface area contributed by atoms with Crippen LogP contribution in [0.1, 0.15) is 27.7 Å². The molecule has 20 heavy (non-hydrogen) atoms. The molecule has 0 fully saturated rings. The van der Waals surface area contributed by atoms with Gasteiger partial charge in [0.15, 0.2) is 0 Å². The minimum atomic E-state index is -3.72. The zero-order valence-corrected chi connectivity index (χ0v) is 13.0. The van der Waals surface area contributed by atoms with Gasteiger partial charge in [-0.3, -0.25) is 9.35 Å². The average Bonchev–Trinajstić information content (AvgIpc) is 2.14. The molecule has 0 aromatic carbocycles. The summed E-state index contributed by atoms with van der Waals surface area (Å²) < 4.78 is 28.2. The summed E-state index contributed by atoms with van der Waals surface area (Å²) in [6, 6.07) is 0. The Balaban J connectivity index is -0.000000221. The third-order valence-electron chi connectivity index (χ3n) is 1.33. The number of carbonyl (C=O) groups is 2. The molecule has 0 heterocycles. The molecule has 0 spiro atoms. The molecule has 7 nitrogen and oxygen atoms in total. The Morgan fingerprint density at radius 2 is 1.40 bits per heavy atom. The van der Waals surface area contributed by atoms with Crippen LogP contribution in [-0.4, -0.2) is 35.7 Å². The van der Waals surface area contributed by atoms with E-state index in [-0.39, 0.29) is 17.2 Å². The van der Waals surface area contributed by atoms with Gasteiger partial charge in [-0.25, -0.2) is 4.79 Å². The molecule has 4 N–H and O–H groups in total. The molecule has 0 aliphatic rings. The van der Waals surface area contributed by atoms with Crippen LogP contribution in [-0.2, 0) is 19.7 Å². The number of primary amides is 1. The first-order valence-electron chi connectivity index (χ1n) is 5.50. The molecule has 0 rings (SSSR count). The van der Waals surface area contributed by atoms with Crippen molar-refractivity contribution in [2.24, 2.45) is 11.7 Å². The minimum absolute atomic E-state index is 0.00463. The molecule has 0 saturated carbocycles. The van der Waals surface area contributed by atoms with Gasteiger partial charge in [0, 0.05) is 11.1 Å². The third-order valence-corrected chi connectivity index (χ3v) is 2.42. The van der Waals surface area contributed by atoms with Crippen molar-refractivity contribution in [1.29, 1.82) is 0 Å². The van der Waals surface area contributed by atoms with Crippen LogP contribution in [0.5, 0.6) is 0 Å². The van der Waals surface area contributed by atoms with Gasteiger partial charge in [-0.15, -0.1) is 0 Å². The molecule has 0 bridgehead atoms. The molecular formula is C12H23NO6S. The van der Waals surface area contributed by atoms with Crippen LogP contribution >= 0.6 is 0 Å². The second-order valence-electron chi connectivity index (χ2n) is 4.37. The van der Waals surface area contributed by atoms with Crippen LogP contribution < -0.4 is 5.73 Å². The molecule has 8 heteroatoms. The highest BCUT2D eigenvalue weighted by atomic mass is 32.2. The topological polar surface area (TPSA) is 135 Å². The minimum Gasteiger partial charge on any atom is -0.478 e. The Labute approximate surface area is 119 Å². The molecular weight excluding hydrogens is 286 g/mol. The highest BCUT2D eigenvalue weighted by molar-refractivity contribution is 7.85. The highest BCUT2D eigenvalue weighted by Crippen LogP contribution is 1.95. The lowest BCUT2D eigenvalue weighted by molar-refractivity contribution is -0.132. The van der Waals surface area contributed by atoms with E-state index in [0.29, 0.717) is 5.57 Å². The van der Waals surface area contributed by atoms with Crippen molar-refractivity contribution >= 4 is 22.0 Å². The molecule has 0 atom stereocenters. The lowest BCUT2D eigenvalue weighted by atomic mass is 10.3. The Morgan fingerprint density at radius 3 is 1.40 bits per heavy atom. The summed E-state index contributed by atoms with van der Waals surface area (Å²) >= 11 is 0. The van der Waals surface area contributed by atoms with Gasteiger partial charge in [0.05, 0.1) is 5.75 Å². The monoisotopic (exact) mass is 309 g/mol. The lowest BCUT2D eigenvalue weighted by Gasteiger charge is -1.97. The zero-order chi connectivity index (χ0) is 17.1. The molecule has 0 saturated heterocycles. The van der Waals surface area contributed by atoms with Gasteiger partial charge in [-0.05, 0) is 19.8 Å². The van der Waals surface area contributed by atoms with E-state index in [1.807, 2.05) is 0 Å². The van der Waals surface area contributed by atoms with Crippen molar-refractivity contribution in [3.63, 3.8) is 0 Å². The summed E-state index contributed by atoms with van der Waals surface area (Å²) in [4.78, 5) is 19.4. The Bertz CT molecular complexity index is 403. The molecule has 0 radical (unpaired) electrons. The maximum absolute atomic E-state index is 10.00. The van der Waals surface area contributed by atoms with E-state index >= 15 is 0 Å². The second-order valence-corrected chi connectivity index (χ2v) is 5.87. The van der Waals surface area contributed by atoms with Gasteiger partial charge in [-0.1, -0.05) is 27.0 Å². The number of carboxylic acids is 1. The van der Waals surface area contributed by atoms with Crippen molar-refractivity contribution in [1.82, 2.24) is 0 Å². The van der Waals surface area contributed by atoms with Gasteiger partial charge in [0.1, 0.15) is 0 Å². The number of nitrogens with two attached hydrogens (primary N) is 1. The fourth-order valence-corrected chi connectivity index (χ4v) is 1.26. The molecule has 0 aromatic rings. The summed E-state index contributed by atoms with van der Waals surface area (Å²) in [5.41, 5.74) is 5.27. The molecule has 118 valence electrons. The van der Waals surface area contributed by atoms with Crippen molar-refractivity contribution in [3.8, 4) is 0 Å². The van der Waals surface area contributed by atoms with Crippen LogP contribution in [0.2, 0.25) is 0 Å². The first kappa shape index (κ1) is 23.4. The quantitative estimate of drug-likeness (QED) is 0.528. The summed E-state index contributed by atoms with van der Waals surface area (Å²) in [6.07, 6.45) is 0. The fraction of sp³-hybridized carbons (Fsp3) is 0.500. The number of carboxylic acid groups (broad SMARTS) is 1. The summed E-state index contributed by atoms with van der Waals surface area (Å²) in [7, 11) is -3.72. The molecule has 0 aliphatic carbocycles. The van der Waals surface area contributed by atoms with E-state index < -0.39 is 22.0 Å². The maximum atomic E-state index is 10.00. The van der Waals surface area contributed by atoms with Gasteiger partial charge < -0.3 is 10.8 Å². The van der Waals surface area contributed by atoms with Crippen LogP contribution in [0.3, 0.4) is 0 Å². The number of rotatable bonds is 4. The number of hydrogen-bond acceptors (Lipinski definition) is 4. The fourth-order valence-electron chi connectivity index (χ4n) is 0.421. The summed E-state index contributed by atoms with van der Waals surface area (Å²) in [5, 5.41) is 7.89. The van der Waals surface area contributed by atoms with E-state index in [1.165, 1.54) is 6.92 Å². The summed E-state index contributed by atoms with van der Waals surface area (Å²) in [6.45, 7) is 12.9. The van der Waals surface area contributed by atoms with Gasteiger partial charge in [-0.2, -0.15) is 8.42 Å². The van der Waals surface area contributed by atoms with Crippen molar-refractivity contribution in [2.75, 3.05) is 5.75 Å². The van der Waals surface area contributed by atoms with Gasteiger partial charge in [0.25, 0.3) is 10.1 Å². The molecule has 0 aliphatic heterocycles. The van der Waals surface area contributed by atoms with E-state index in [2.05, 4.69) is 13.2 Å². The van der Waals surface area contributed by atoms with Crippen molar-refractivity contribution in [2.45, 2.75) is 27.7 Å². The first-order valence-corrected chi connectivity index (χ1v) is 7.10.